The molecular weight excluding hydrogens is 514 g/mol. The summed E-state index contributed by atoms with van der Waals surface area (Å²) >= 11 is 0. The van der Waals surface area contributed by atoms with Gasteiger partial charge in [-0.1, -0.05) is 60.7 Å². The van der Waals surface area contributed by atoms with Gasteiger partial charge in [-0.25, -0.2) is 0 Å². The molecule has 4 aromatic carbocycles. The van der Waals surface area contributed by atoms with Crippen LogP contribution in [0.5, 0.6) is 5.75 Å². The molecule has 6 aromatic rings. The molecule has 1 aliphatic heterocycles. The van der Waals surface area contributed by atoms with Crippen LogP contribution in [-0.4, -0.2) is 44.6 Å². The Hall–Kier alpha value is -4.88. The van der Waals surface area contributed by atoms with Crippen molar-refractivity contribution >= 4 is 55.4 Å². The van der Waals surface area contributed by atoms with E-state index in [1.165, 1.54) is 4.90 Å². The van der Waals surface area contributed by atoms with E-state index in [0.717, 1.165) is 61.3 Å². The summed E-state index contributed by atoms with van der Waals surface area (Å²) in [5.74, 6) is 0.154. The molecule has 2 N–H and O–H groups in total. The summed E-state index contributed by atoms with van der Waals surface area (Å²) in [6.07, 6.45) is 4.88. The van der Waals surface area contributed by atoms with E-state index in [0.29, 0.717) is 17.5 Å². The van der Waals surface area contributed by atoms with Crippen molar-refractivity contribution in [3.8, 4) is 5.75 Å². The van der Waals surface area contributed by atoms with Crippen molar-refractivity contribution in [3.05, 3.63) is 102 Å². The Bertz CT molecular complexity index is 2080. The summed E-state index contributed by atoms with van der Waals surface area (Å²) in [6.45, 7) is 0.170. The first kappa shape index (κ1) is 24.0. The van der Waals surface area contributed by atoms with E-state index >= 15 is 0 Å². The number of H-pyrrole nitrogens is 1. The number of rotatable bonds is 4. The highest BCUT2D eigenvalue weighted by atomic mass is 16.5. The molecule has 0 radical (unpaired) electrons. The monoisotopic (exact) mass is 541 g/mol. The number of allylic oxidation sites excluding steroid dienone is 1. The highest BCUT2D eigenvalue weighted by Crippen LogP contribution is 2.47. The van der Waals surface area contributed by atoms with Crippen LogP contribution in [0.2, 0.25) is 0 Å². The standard InChI is InChI=1S/C34H27N3O4/c1-41-22-16-10-19(11-17-22)18-36-33(39)29-27-23-6-2-4-8-25(23)35-31(27)32-28(30(29)34(36)40)24-7-3-5-9-26(24)37(32)20-12-14-21(38)15-13-20/h2-12,14,16-17,20-21,35,38H,13,15,18H2,1H3/t20?,21-/m0/s1. The SMILES string of the molecule is COc1ccc(CN2C(=O)c3c(c4c5ccccc5n(C5C=C[C@H](O)CC5)c4c4[nH]c5ccccc5c34)C2=O)cc1. The Labute approximate surface area is 235 Å². The minimum Gasteiger partial charge on any atom is -0.497 e. The second-order valence-electron chi connectivity index (χ2n) is 10.9. The number of aromatic amines is 1. The summed E-state index contributed by atoms with van der Waals surface area (Å²) < 4.78 is 7.57. The topological polar surface area (TPSA) is 87.6 Å². The Balaban J connectivity index is 1.46. The van der Waals surface area contributed by atoms with E-state index in [2.05, 4.69) is 21.7 Å². The van der Waals surface area contributed by atoms with Crippen molar-refractivity contribution in [2.45, 2.75) is 31.5 Å². The average Bonchev–Trinajstić information content (AvgIpc) is 3.63. The number of aromatic nitrogens is 2. The molecule has 0 fully saturated rings. The second kappa shape index (κ2) is 8.81. The summed E-state index contributed by atoms with van der Waals surface area (Å²) in [5, 5.41) is 13.6. The number of hydrogen-bond donors (Lipinski definition) is 2. The molecule has 41 heavy (non-hydrogen) atoms. The number of carbonyl (C=O) groups is 2. The van der Waals surface area contributed by atoms with Crippen LogP contribution >= 0.6 is 0 Å². The number of carbonyl (C=O) groups excluding carboxylic acids is 2. The lowest BCUT2D eigenvalue weighted by Crippen LogP contribution is -2.29. The van der Waals surface area contributed by atoms with Crippen LogP contribution in [0.4, 0.5) is 0 Å². The van der Waals surface area contributed by atoms with Gasteiger partial charge in [-0.2, -0.15) is 0 Å². The molecule has 1 unspecified atom stereocenters. The van der Waals surface area contributed by atoms with E-state index in [9.17, 15) is 14.7 Å². The molecule has 202 valence electrons. The van der Waals surface area contributed by atoms with Crippen molar-refractivity contribution in [2.24, 2.45) is 0 Å². The van der Waals surface area contributed by atoms with E-state index < -0.39 is 6.10 Å². The van der Waals surface area contributed by atoms with Gasteiger partial charge in [0.15, 0.2) is 0 Å². The molecule has 0 spiro atoms. The summed E-state index contributed by atoms with van der Waals surface area (Å²) in [5.41, 5.74) is 5.44. The lowest BCUT2D eigenvalue weighted by Gasteiger charge is -2.23. The van der Waals surface area contributed by atoms with Crippen molar-refractivity contribution in [1.29, 1.82) is 0 Å². The number of hydrogen-bond acceptors (Lipinski definition) is 4. The van der Waals surface area contributed by atoms with Gasteiger partial charge in [0, 0.05) is 32.6 Å². The van der Waals surface area contributed by atoms with Gasteiger partial charge in [0.05, 0.1) is 48.0 Å². The first-order valence-electron chi connectivity index (χ1n) is 13.9. The second-order valence-corrected chi connectivity index (χ2v) is 10.9. The van der Waals surface area contributed by atoms with Gasteiger partial charge in [-0.05, 0) is 42.7 Å². The molecule has 0 bridgehead atoms. The third-order valence-corrected chi connectivity index (χ3v) is 8.67. The third-order valence-electron chi connectivity index (χ3n) is 8.67. The first-order valence-corrected chi connectivity index (χ1v) is 13.9. The number of para-hydroxylation sites is 2. The molecule has 7 nitrogen and oxygen atoms in total. The number of fused-ring (bicyclic) bond motifs is 10. The van der Waals surface area contributed by atoms with E-state index in [4.69, 9.17) is 4.74 Å². The molecule has 8 rings (SSSR count). The van der Waals surface area contributed by atoms with Crippen LogP contribution in [0.15, 0.2) is 84.9 Å². The predicted octanol–water partition coefficient (Wildman–Crippen LogP) is 6.49. The number of nitrogens with one attached hydrogen (secondary N) is 1. The van der Waals surface area contributed by atoms with Crippen molar-refractivity contribution < 1.29 is 19.4 Å². The zero-order chi connectivity index (χ0) is 27.8. The zero-order valence-electron chi connectivity index (χ0n) is 22.4. The van der Waals surface area contributed by atoms with Crippen LogP contribution in [0, 0.1) is 0 Å². The summed E-state index contributed by atoms with van der Waals surface area (Å²) in [6, 6.07) is 23.5. The van der Waals surface area contributed by atoms with Crippen molar-refractivity contribution in [3.63, 3.8) is 0 Å². The molecule has 0 saturated carbocycles. The molecule has 2 aliphatic rings. The lowest BCUT2D eigenvalue weighted by molar-refractivity contribution is 0.0643. The summed E-state index contributed by atoms with van der Waals surface area (Å²) in [7, 11) is 1.61. The third kappa shape index (κ3) is 3.36. The Morgan fingerprint density at radius 2 is 1.56 bits per heavy atom. The van der Waals surface area contributed by atoms with Gasteiger partial charge in [0.1, 0.15) is 5.75 Å². The number of nitrogens with zero attached hydrogens (tertiary/aromatic N) is 2. The fourth-order valence-corrected chi connectivity index (χ4v) is 6.79. The van der Waals surface area contributed by atoms with Gasteiger partial charge in [0.25, 0.3) is 11.8 Å². The van der Waals surface area contributed by atoms with Gasteiger partial charge < -0.3 is 19.4 Å². The number of methoxy groups -OCH3 is 1. The normalized spacial score (nSPS) is 18.8. The maximum Gasteiger partial charge on any atom is 0.262 e. The van der Waals surface area contributed by atoms with Crippen LogP contribution in [0.1, 0.15) is 45.2 Å². The lowest BCUT2D eigenvalue weighted by atomic mass is 9.96. The Morgan fingerprint density at radius 3 is 2.29 bits per heavy atom. The molecule has 3 heterocycles. The van der Waals surface area contributed by atoms with Crippen molar-refractivity contribution in [1.82, 2.24) is 14.5 Å². The number of aliphatic hydroxyl groups excluding tert-OH is 1. The quantitative estimate of drug-likeness (QED) is 0.197. The Kier molecular flexibility index (Phi) is 5.15. The van der Waals surface area contributed by atoms with Crippen LogP contribution < -0.4 is 4.74 Å². The number of aliphatic hydroxyl groups is 1. The number of imide groups is 1. The number of benzene rings is 4. The van der Waals surface area contributed by atoms with E-state index in [1.807, 2.05) is 72.8 Å². The molecule has 2 atom stereocenters. The predicted molar refractivity (Wildman–Crippen MR) is 159 cm³/mol. The minimum absolute atomic E-state index is 0.00364. The van der Waals surface area contributed by atoms with E-state index in [1.54, 1.807) is 7.11 Å². The van der Waals surface area contributed by atoms with Gasteiger partial charge in [0.2, 0.25) is 0 Å². The van der Waals surface area contributed by atoms with E-state index in [-0.39, 0.29) is 24.4 Å². The van der Waals surface area contributed by atoms with Crippen LogP contribution in [-0.2, 0) is 6.54 Å². The molecule has 7 heteroatoms. The fourth-order valence-electron chi connectivity index (χ4n) is 6.79. The van der Waals surface area contributed by atoms with Crippen LogP contribution in [0.3, 0.4) is 0 Å². The Morgan fingerprint density at radius 1 is 0.854 bits per heavy atom. The van der Waals surface area contributed by atoms with Gasteiger partial charge >= 0.3 is 0 Å². The molecular formula is C34H27N3O4. The molecule has 0 saturated heterocycles. The smallest absolute Gasteiger partial charge is 0.262 e. The molecule has 2 amide bonds. The number of amides is 2. The average molecular weight is 542 g/mol. The van der Waals surface area contributed by atoms with Gasteiger partial charge in [-0.3, -0.25) is 14.5 Å². The highest BCUT2D eigenvalue weighted by molar-refractivity contribution is 6.39. The zero-order valence-corrected chi connectivity index (χ0v) is 22.4. The minimum atomic E-state index is -0.456. The molecule has 2 aromatic heterocycles. The number of ether oxygens (including phenoxy) is 1. The summed E-state index contributed by atoms with van der Waals surface area (Å²) in [4.78, 5) is 33.6. The first-order chi connectivity index (χ1) is 20.0. The maximum absolute atomic E-state index is 14.3. The largest absolute Gasteiger partial charge is 0.497 e. The fraction of sp³-hybridized carbons (Fsp3) is 0.176. The van der Waals surface area contributed by atoms with Crippen molar-refractivity contribution in [2.75, 3.05) is 7.11 Å². The van der Waals surface area contributed by atoms with Crippen LogP contribution in [0.25, 0.3) is 43.6 Å². The van der Waals surface area contributed by atoms with Gasteiger partial charge in [-0.15, -0.1) is 0 Å². The molecule has 1 aliphatic carbocycles. The maximum atomic E-state index is 14.3. The highest BCUT2D eigenvalue weighted by Gasteiger charge is 2.41.